The molecule has 0 spiro atoms. The highest BCUT2D eigenvalue weighted by molar-refractivity contribution is 5.76. The van der Waals surface area contributed by atoms with Gasteiger partial charge in [-0.25, -0.2) is 0 Å². The van der Waals surface area contributed by atoms with Crippen molar-refractivity contribution in [2.75, 3.05) is 26.2 Å². The summed E-state index contributed by atoms with van der Waals surface area (Å²) in [7, 11) is 0. The van der Waals surface area contributed by atoms with Crippen molar-refractivity contribution in [1.29, 1.82) is 0 Å². The summed E-state index contributed by atoms with van der Waals surface area (Å²) < 4.78 is 38.4. The van der Waals surface area contributed by atoms with Crippen LogP contribution in [-0.2, 0) is 9.59 Å². The smallest absolute Gasteiger partial charge is 0.406 e. The molecule has 1 aliphatic rings. The molecular weight excluding hydrogens is 253 g/mol. The standard InChI is InChI=1S/C10H15F3N2O3/c1-7(16)14-3-5-15-4-2-9(6-15,8(17)18)10(11,12)13/h2-6H2,1H3,(H,14,16)(H,17,18). The minimum absolute atomic E-state index is 0.0609. The molecule has 5 nitrogen and oxygen atoms in total. The van der Waals surface area contributed by atoms with Crippen LogP contribution in [0.1, 0.15) is 13.3 Å². The van der Waals surface area contributed by atoms with Crippen molar-refractivity contribution in [2.45, 2.75) is 19.5 Å². The van der Waals surface area contributed by atoms with Gasteiger partial charge in [0, 0.05) is 26.6 Å². The van der Waals surface area contributed by atoms with Gasteiger partial charge in [0.2, 0.25) is 5.91 Å². The van der Waals surface area contributed by atoms with Crippen LogP contribution in [0.15, 0.2) is 0 Å². The fourth-order valence-corrected chi connectivity index (χ4v) is 2.00. The van der Waals surface area contributed by atoms with E-state index in [4.69, 9.17) is 5.11 Å². The van der Waals surface area contributed by atoms with E-state index in [0.29, 0.717) is 0 Å². The molecule has 1 heterocycles. The van der Waals surface area contributed by atoms with Gasteiger partial charge in [0.05, 0.1) is 0 Å². The quantitative estimate of drug-likeness (QED) is 0.777. The Morgan fingerprint density at radius 3 is 2.44 bits per heavy atom. The van der Waals surface area contributed by atoms with Crippen molar-refractivity contribution >= 4 is 11.9 Å². The molecule has 0 aliphatic carbocycles. The Morgan fingerprint density at radius 2 is 2.06 bits per heavy atom. The van der Waals surface area contributed by atoms with Crippen LogP contribution in [-0.4, -0.2) is 54.2 Å². The SMILES string of the molecule is CC(=O)NCCN1CCC(C(=O)O)(C(F)(F)F)C1. The number of carbonyl (C=O) groups excluding carboxylic acids is 1. The number of nitrogens with one attached hydrogen (secondary N) is 1. The Morgan fingerprint density at radius 1 is 1.44 bits per heavy atom. The highest BCUT2D eigenvalue weighted by Gasteiger charge is 2.63. The third kappa shape index (κ3) is 2.92. The zero-order valence-corrected chi connectivity index (χ0v) is 9.88. The maximum Gasteiger partial charge on any atom is 0.406 e. The predicted molar refractivity (Wildman–Crippen MR) is 55.9 cm³/mol. The molecule has 1 saturated heterocycles. The van der Waals surface area contributed by atoms with E-state index in [2.05, 4.69) is 5.32 Å². The molecule has 1 unspecified atom stereocenters. The molecular formula is C10H15F3N2O3. The van der Waals surface area contributed by atoms with Crippen LogP contribution in [0.3, 0.4) is 0 Å². The van der Waals surface area contributed by atoms with Gasteiger partial charge in [-0.05, 0) is 13.0 Å². The molecule has 1 amide bonds. The lowest BCUT2D eigenvalue weighted by Gasteiger charge is -2.27. The highest BCUT2D eigenvalue weighted by atomic mass is 19.4. The molecule has 0 bridgehead atoms. The summed E-state index contributed by atoms with van der Waals surface area (Å²) in [6.45, 7) is 1.23. The zero-order chi connectivity index (χ0) is 14.0. The molecule has 1 atom stereocenters. The summed E-state index contributed by atoms with van der Waals surface area (Å²) in [6.07, 6.45) is -5.21. The third-order valence-corrected chi connectivity index (χ3v) is 3.10. The van der Waals surface area contributed by atoms with Crippen LogP contribution in [0.5, 0.6) is 0 Å². The molecule has 18 heavy (non-hydrogen) atoms. The van der Waals surface area contributed by atoms with Gasteiger partial charge >= 0.3 is 12.1 Å². The van der Waals surface area contributed by atoms with Gasteiger partial charge < -0.3 is 15.3 Å². The van der Waals surface area contributed by atoms with E-state index in [0.717, 1.165) is 0 Å². The van der Waals surface area contributed by atoms with Crippen LogP contribution in [0.2, 0.25) is 0 Å². The van der Waals surface area contributed by atoms with Gasteiger partial charge in [0.25, 0.3) is 0 Å². The van der Waals surface area contributed by atoms with Gasteiger partial charge in [-0.3, -0.25) is 9.59 Å². The zero-order valence-electron chi connectivity index (χ0n) is 9.88. The number of rotatable bonds is 4. The summed E-state index contributed by atoms with van der Waals surface area (Å²) in [6, 6.07) is 0. The number of carboxylic acids is 1. The predicted octanol–water partition coefficient (Wildman–Crippen LogP) is 0.461. The van der Waals surface area contributed by atoms with Gasteiger partial charge in [0.15, 0.2) is 5.41 Å². The van der Waals surface area contributed by atoms with Crippen LogP contribution in [0, 0.1) is 5.41 Å². The maximum atomic E-state index is 12.8. The molecule has 8 heteroatoms. The lowest BCUT2D eigenvalue weighted by Crippen LogP contribution is -2.47. The van der Waals surface area contributed by atoms with E-state index in [1.165, 1.54) is 11.8 Å². The first-order valence-electron chi connectivity index (χ1n) is 5.46. The number of hydrogen-bond donors (Lipinski definition) is 2. The van der Waals surface area contributed by atoms with Gasteiger partial charge in [-0.1, -0.05) is 0 Å². The number of aliphatic carboxylic acids is 1. The second kappa shape index (κ2) is 5.13. The number of hydrogen-bond acceptors (Lipinski definition) is 3. The molecule has 2 N–H and O–H groups in total. The monoisotopic (exact) mass is 268 g/mol. The van der Waals surface area contributed by atoms with Crippen LogP contribution >= 0.6 is 0 Å². The van der Waals surface area contributed by atoms with Crippen molar-refractivity contribution < 1.29 is 27.9 Å². The lowest BCUT2D eigenvalue weighted by atomic mass is 9.86. The molecule has 1 fully saturated rings. The topological polar surface area (TPSA) is 69.6 Å². The Bertz CT molecular complexity index is 346. The Kier molecular flexibility index (Phi) is 4.20. The molecule has 0 radical (unpaired) electrons. The number of carbonyl (C=O) groups is 2. The number of likely N-dealkylation sites (tertiary alicyclic amines) is 1. The maximum absolute atomic E-state index is 12.8. The summed E-state index contributed by atoms with van der Waals surface area (Å²) in [5.74, 6) is -2.11. The van der Waals surface area contributed by atoms with Crippen molar-refractivity contribution in [2.24, 2.45) is 5.41 Å². The summed E-state index contributed by atoms with van der Waals surface area (Å²) >= 11 is 0. The molecule has 0 aromatic rings. The molecule has 0 saturated carbocycles. The Balaban J connectivity index is 2.62. The largest absolute Gasteiger partial charge is 0.481 e. The van der Waals surface area contributed by atoms with Crippen molar-refractivity contribution in [3.05, 3.63) is 0 Å². The first-order valence-corrected chi connectivity index (χ1v) is 5.46. The first-order chi connectivity index (χ1) is 8.19. The molecule has 0 aromatic carbocycles. The summed E-state index contributed by atoms with van der Waals surface area (Å²) in [5, 5.41) is 11.3. The molecule has 1 rings (SSSR count). The minimum atomic E-state index is -4.76. The van der Waals surface area contributed by atoms with Gasteiger partial charge in [0.1, 0.15) is 0 Å². The second-order valence-corrected chi connectivity index (χ2v) is 4.39. The number of nitrogens with zero attached hydrogens (tertiary/aromatic N) is 1. The third-order valence-electron chi connectivity index (χ3n) is 3.10. The van der Waals surface area contributed by atoms with Crippen LogP contribution in [0.4, 0.5) is 13.2 Å². The average molecular weight is 268 g/mol. The van der Waals surface area contributed by atoms with Crippen LogP contribution < -0.4 is 5.32 Å². The number of amides is 1. The minimum Gasteiger partial charge on any atom is -0.481 e. The van der Waals surface area contributed by atoms with Crippen LogP contribution in [0.25, 0.3) is 0 Å². The van der Waals surface area contributed by atoms with Crippen molar-refractivity contribution in [3.63, 3.8) is 0 Å². The summed E-state index contributed by atoms with van der Waals surface area (Å²) in [4.78, 5) is 22.9. The fraction of sp³-hybridized carbons (Fsp3) is 0.800. The normalized spacial score (nSPS) is 25.1. The highest BCUT2D eigenvalue weighted by Crippen LogP contribution is 2.45. The summed E-state index contributed by atoms with van der Waals surface area (Å²) in [5.41, 5.74) is -2.68. The Labute approximate surface area is 102 Å². The van der Waals surface area contributed by atoms with Gasteiger partial charge in [-0.2, -0.15) is 13.2 Å². The number of halogens is 3. The number of alkyl halides is 3. The fourth-order valence-electron chi connectivity index (χ4n) is 2.00. The van der Waals surface area contributed by atoms with E-state index >= 15 is 0 Å². The van der Waals surface area contributed by atoms with Crippen molar-refractivity contribution in [3.8, 4) is 0 Å². The molecule has 1 aliphatic heterocycles. The molecule has 0 aromatic heterocycles. The molecule has 104 valence electrons. The van der Waals surface area contributed by atoms with Gasteiger partial charge in [-0.15, -0.1) is 0 Å². The van der Waals surface area contributed by atoms with E-state index < -0.39 is 30.5 Å². The average Bonchev–Trinajstić information content (AvgIpc) is 2.61. The van der Waals surface area contributed by atoms with E-state index in [1.54, 1.807) is 0 Å². The lowest BCUT2D eigenvalue weighted by molar-refractivity contribution is -0.227. The number of carboxylic acid groups (broad SMARTS) is 1. The second-order valence-electron chi connectivity index (χ2n) is 4.39. The van der Waals surface area contributed by atoms with E-state index in [1.807, 2.05) is 0 Å². The van der Waals surface area contributed by atoms with E-state index in [-0.39, 0.29) is 25.5 Å². The first kappa shape index (κ1) is 14.7. The Hall–Kier alpha value is -1.31. The van der Waals surface area contributed by atoms with E-state index in [9.17, 15) is 22.8 Å². The van der Waals surface area contributed by atoms with Crippen molar-refractivity contribution in [1.82, 2.24) is 10.2 Å².